The van der Waals surface area contributed by atoms with Gasteiger partial charge in [0.1, 0.15) is 5.82 Å². The van der Waals surface area contributed by atoms with Gasteiger partial charge >= 0.3 is 0 Å². The molecule has 0 saturated carbocycles. The predicted octanol–water partition coefficient (Wildman–Crippen LogP) is 1.98. The summed E-state index contributed by atoms with van der Waals surface area (Å²) in [5.74, 6) is -1.76. The summed E-state index contributed by atoms with van der Waals surface area (Å²) in [6.07, 6.45) is 1.23. The molecule has 1 aliphatic heterocycles. The highest BCUT2D eigenvalue weighted by molar-refractivity contribution is 6.33. The number of ether oxygens (including phenoxy) is 1. The van der Waals surface area contributed by atoms with Crippen LogP contribution in [0.2, 0.25) is 5.02 Å². The van der Waals surface area contributed by atoms with Gasteiger partial charge in [0.05, 0.1) is 29.2 Å². The van der Waals surface area contributed by atoms with Crippen molar-refractivity contribution in [2.75, 3.05) is 20.3 Å². The van der Waals surface area contributed by atoms with E-state index in [9.17, 15) is 14.0 Å². The Balaban J connectivity index is 2.40. The first kappa shape index (κ1) is 16.7. The van der Waals surface area contributed by atoms with Gasteiger partial charge in [-0.05, 0) is 25.0 Å². The molecule has 1 aliphatic rings. The number of hydrogen-bond donors (Lipinski definition) is 1. The largest absolute Gasteiger partial charge is 0.382 e. The zero-order valence-electron chi connectivity index (χ0n) is 12.3. The summed E-state index contributed by atoms with van der Waals surface area (Å²) in [7, 11) is 1.49. The highest BCUT2D eigenvalue weighted by Crippen LogP contribution is 2.35. The smallest absolute Gasteiger partial charge is 0.258 e. The molecule has 1 heterocycles. The number of amides is 2. The van der Waals surface area contributed by atoms with E-state index in [2.05, 4.69) is 0 Å². The maximum atomic E-state index is 14.0. The van der Waals surface area contributed by atoms with E-state index >= 15 is 0 Å². The van der Waals surface area contributed by atoms with E-state index in [0.717, 1.165) is 0 Å². The zero-order valence-corrected chi connectivity index (χ0v) is 13.0. The van der Waals surface area contributed by atoms with Gasteiger partial charge in [0.2, 0.25) is 5.91 Å². The van der Waals surface area contributed by atoms with Crippen LogP contribution in [-0.2, 0) is 9.53 Å². The van der Waals surface area contributed by atoms with Crippen LogP contribution in [0, 0.1) is 5.82 Å². The van der Waals surface area contributed by atoms with Gasteiger partial charge in [-0.2, -0.15) is 0 Å². The summed E-state index contributed by atoms with van der Waals surface area (Å²) in [5, 5.41) is 0.0438. The number of benzene rings is 1. The number of hydrogen-bond acceptors (Lipinski definition) is 3. The fourth-order valence-electron chi connectivity index (χ4n) is 3.07. The third kappa shape index (κ3) is 3.08. The summed E-state index contributed by atoms with van der Waals surface area (Å²) in [4.78, 5) is 25.6. The first-order valence-electron chi connectivity index (χ1n) is 6.94. The summed E-state index contributed by atoms with van der Waals surface area (Å²) < 4.78 is 19.2. The van der Waals surface area contributed by atoms with Gasteiger partial charge in [-0.1, -0.05) is 17.7 Å². The van der Waals surface area contributed by atoms with Gasteiger partial charge in [0.25, 0.3) is 5.91 Å². The standard InChI is InChI=1S/C15H18ClFN2O3/c1-22-9-15(8-12(18)20)6-3-7-19(15)14(21)13-10(16)4-2-5-11(13)17/h2,4-5H,3,6-9H2,1H3,(H2,18,20)/t15-/m1/s1. The average molecular weight is 329 g/mol. The van der Waals surface area contributed by atoms with E-state index < -0.39 is 23.2 Å². The molecule has 0 radical (unpaired) electrons. The molecule has 1 fully saturated rings. The molecule has 1 atom stereocenters. The number of methoxy groups -OCH3 is 1. The number of carbonyl (C=O) groups excluding carboxylic acids is 2. The van der Waals surface area contributed by atoms with E-state index in [0.29, 0.717) is 19.4 Å². The fourth-order valence-corrected chi connectivity index (χ4v) is 3.31. The number of likely N-dealkylation sites (tertiary alicyclic amines) is 1. The van der Waals surface area contributed by atoms with Crippen LogP contribution in [0.1, 0.15) is 29.6 Å². The van der Waals surface area contributed by atoms with Gasteiger partial charge in [0, 0.05) is 13.7 Å². The van der Waals surface area contributed by atoms with Crippen LogP contribution in [0.15, 0.2) is 18.2 Å². The van der Waals surface area contributed by atoms with E-state index in [-0.39, 0.29) is 23.6 Å². The molecular formula is C15H18ClFN2O3. The topological polar surface area (TPSA) is 72.6 Å². The van der Waals surface area contributed by atoms with E-state index in [4.69, 9.17) is 22.1 Å². The van der Waals surface area contributed by atoms with Crippen molar-refractivity contribution < 1.29 is 18.7 Å². The monoisotopic (exact) mass is 328 g/mol. The third-order valence-corrected chi connectivity index (χ3v) is 4.25. The van der Waals surface area contributed by atoms with Crippen LogP contribution in [-0.4, -0.2) is 42.5 Å². The minimum Gasteiger partial charge on any atom is -0.382 e. The van der Waals surface area contributed by atoms with Crippen molar-refractivity contribution in [1.29, 1.82) is 0 Å². The molecule has 1 aromatic carbocycles. The number of rotatable bonds is 5. The molecule has 2 amide bonds. The molecule has 2 rings (SSSR count). The molecule has 1 saturated heterocycles. The highest BCUT2D eigenvalue weighted by atomic mass is 35.5. The van der Waals surface area contributed by atoms with Gasteiger partial charge in [-0.15, -0.1) is 0 Å². The molecule has 0 bridgehead atoms. The number of nitrogens with two attached hydrogens (primary N) is 1. The Morgan fingerprint density at radius 3 is 2.82 bits per heavy atom. The second kappa shape index (κ2) is 6.62. The minimum atomic E-state index is -0.844. The fraction of sp³-hybridized carbons (Fsp3) is 0.467. The van der Waals surface area contributed by atoms with Crippen molar-refractivity contribution in [2.45, 2.75) is 24.8 Å². The predicted molar refractivity (Wildman–Crippen MR) is 80.1 cm³/mol. The third-order valence-electron chi connectivity index (χ3n) is 3.93. The van der Waals surface area contributed by atoms with E-state index in [1.165, 1.54) is 30.2 Å². The van der Waals surface area contributed by atoms with E-state index in [1.54, 1.807) is 0 Å². The Labute approximate surface area is 133 Å². The maximum Gasteiger partial charge on any atom is 0.258 e. The molecule has 0 aromatic heterocycles. The Morgan fingerprint density at radius 1 is 1.50 bits per heavy atom. The second-order valence-corrected chi connectivity index (χ2v) is 5.86. The molecule has 2 N–H and O–H groups in total. The molecule has 0 unspecified atom stereocenters. The normalized spacial score (nSPS) is 21.1. The number of halogens is 2. The molecule has 22 heavy (non-hydrogen) atoms. The minimum absolute atomic E-state index is 0.0291. The van der Waals surface area contributed by atoms with Crippen molar-refractivity contribution in [1.82, 2.24) is 4.90 Å². The Kier molecular flexibility index (Phi) is 5.03. The van der Waals surface area contributed by atoms with Crippen LogP contribution in [0.3, 0.4) is 0 Å². The van der Waals surface area contributed by atoms with Crippen molar-refractivity contribution in [2.24, 2.45) is 5.73 Å². The summed E-state index contributed by atoms with van der Waals surface area (Å²) in [5.41, 5.74) is 4.29. The molecule has 0 aliphatic carbocycles. The van der Waals surface area contributed by atoms with Crippen LogP contribution >= 0.6 is 11.6 Å². The lowest BCUT2D eigenvalue weighted by Gasteiger charge is -2.37. The molecule has 5 nitrogen and oxygen atoms in total. The quantitative estimate of drug-likeness (QED) is 0.898. The maximum absolute atomic E-state index is 14.0. The van der Waals surface area contributed by atoms with Crippen LogP contribution in [0.25, 0.3) is 0 Å². The highest BCUT2D eigenvalue weighted by Gasteiger charge is 2.45. The summed E-state index contributed by atoms with van der Waals surface area (Å²) in [6.45, 7) is 0.563. The lowest BCUT2D eigenvalue weighted by Crippen LogP contribution is -2.52. The second-order valence-electron chi connectivity index (χ2n) is 5.46. The Bertz CT molecular complexity index is 576. The summed E-state index contributed by atoms with van der Waals surface area (Å²) >= 11 is 5.97. The molecule has 7 heteroatoms. The van der Waals surface area contributed by atoms with E-state index in [1.807, 2.05) is 0 Å². The Morgan fingerprint density at radius 2 is 2.23 bits per heavy atom. The lowest BCUT2D eigenvalue weighted by atomic mass is 9.92. The number of primary amides is 1. The summed E-state index contributed by atoms with van der Waals surface area (Å²) in [6, 6.07) is 4.07. The molecular weight excluding hydrogens is 311 g/mol. The van der Waals surface area contributed by atoms with Crippen LogP contribution in [0.5, 0.6) is 0 Å². The number of nitrogens with zero attached hydrogens (tertiary/aromatic N) is 1. The van der Waals surface area contributed by atoms with Crippen molar-refractivity contribution in [3.8, 4) is 0 Å². The first-order valence-corrected chi connectivity index (χ1v) is 7.32. The average Bonchev–Trinajstić information content (AvgIpc) is 2.81. The molecule has 0 spiro atoms. The van der Waals surface area contributed by atoms with Crippen molar-refractivity contribution >= 4 is 23.4 Å². The molecule has 120 valence electrons. The zero-order chi connectivity index (χ0) is 16.3. The van der Waals surface area contributed by atoms with Gasteiger partial charge in [-0.3, -0.25) is 9.59 Å². The van der Waals surface area contributed by atoms with Gasteiger partial charge in [0.15, 0.2) is 0 Å². The first-order chi connectivity index (χ1) is 10.4. The van der Waals surface area contributed by atoms with Crippen LogP contribution < -0.4 is 5.73 Å². The van der Waals surface area contributed by atoms with Crippen LogP contribution in [0.4, 0.5) is 4.39 Å². The SMILES string of the molecule is COC[C@]1(CC(N)=O)CCCN1C(=O)c1c(F)cccc1Cl. The van der Waals surface area contributed by atoms with Crippen molar-refractivity contribution in [3.63, 3.8) is 0 Å². The van der Waals surface area contributed by atoms with Crippen molar-refractivity contribution in [3.05, 3.63) is 34.6 Å². The Hall–Kier alpha value is -1.66. The molecule has 1 aromatic rings. The van der Waals surface area contributed by atoms with Gasteiger partial charge < -0.3 is 15.4 Å². The lowest BCUT2D eigenvalue weighted by molar-refractivity contribution is -0.121. The number of carbonyl (C=O) groups is 2. The van der Waals surface area contributed by atoms with Gasteiger partial charge in [-0.25, -0.2) is 4.39 Å².